The van der Waals surface area contributed by atoms with E-state index in [4.69, 9.17) is 10.5 Å². The third-order valence-electron chi connectivity index (χ3n) is 4.19. The van der Waals surface area contributed by atoms with Gasteiger partial charge in [0.05, 0.1) is 13.2 Å². The van der Waals surface area contributed by atoms with Crippen LogP contribution < -0.4 is 5.73 Å². The number of hydrogen-bond acceptors (Lipinski definition) is 3. The van der Waals surface area contributed by atoms with Gasteiger partial charge in [0.15, 0.2) is 5.96 Å². The summed E-state index contributed by atoms with van der Waals surface area (Å²) in [6.07, 6.45) is 2.48. The molecule has 2 N–H and O–H groups in total. The van der Waals surface area contributed by atoms with Crippen molar-refractivity contribution in [2.45, 2.75) is 26.7 Å². The van der Waals surface area contributed by atoms with E-state index in [1.807, 2.05) is 0 Å². The van der Waals surface area contributed by atoms with Crippen LogP contribution in [0.25, 0.3) is 0 Å². The van der Waals surface area contributed by atoms with E-state index in [0.29, 0.717) is 5.96 Å². The van der Waals surface area contributed by atoms with Crippen LogP contribution in [0.5, 0.6) is 0 Å². The maximum absolute atomic E-state index is 6.02. The summed E-state index contributed by atoms with van der Waals surface area (Å²) in [5.41, 5.74) is 6.02. The zero-order valence-corrected chi connectivity index (χ0v) is 13.1. The quantitative estimate of drug-likeness (QED) is 0.475. The Morgan fingerprint density at radius 1 is 1.20 bits per heavy atom. The molecular formula is C15H30N4O. The van der Waals surface area contributed by atoms with Crippen LogP contribution in [0.15, 0.2) is 4.99 Å². The highest BCUT2D eigenvalue weighted by molar-refractivity contribution is 5.78. The van der Waals surface area contributed by atoms with E-state index in [1.54, 1.807) is 0 Å². The van der Waals surface area contributed by atoms with E-state index >= 15 is 0 Å². The maximum Gasteiger partial charge on any atom is 0.191 e. The molecule has 116 valence electrons. The molecule has 0 radical (unpaired) electrons. The molecule has 2 saturated heterocycles. The highest BCUT2D eigenvalue weighted by Crippen LogP contribution is 2.20. The van der Waals surface area contributed by atoms with Crippen LogP contribution in [-0.4, -0.2) is 68.2 Å². The summed E-state index contributed by atoms with van der Waals surface area (Å²) in [4.78, 5) is 9.21. The molecule has 2 aliphatic heterocycles. The van der Waals surface area contributed by atoms with Gasteiger partial charge in [0.1, 0.15) is 0 Å². The Morgan fingerprint density at radius 3 is 2.50 bits per heavy atom. The normalized spacial score (nSPS) is 29.7. The molecule has 2 fully saturated rings. The molecule has 0 saturated carbocycles. The van der Waals surface area contributed by atoms with Gasteiger partial charge in [0.2, 0.25) is 0 Å². The maximum atomic E-state index is 6.02. The van der Waals surface area contributed by atoms with Crippen LogP contribution in [0, 0.1) is 11.8 Å². The molecule has 0 aromatic carbocycles. The van der Waals surface area contributed by atoms with Crippen molar-refractivity contribution in [1.82, 2.24) is 9.80 Å². The van der Waals surface area contributed by atoms with Crippen LogP contribution in [0.1, 0.15) is 26.7 Å². The number of aliphatic imine (C=N–C) groups is 1. The van der Waals surface area contributed by atoms with Crippen molar-refractivity contribution in [3.8, 4) is 0 Å². The molecule has 5 heteroatoms. The molecule has 2 rings (SSSR count). The number of guanidine groups is 1. The average molecular weight is 282 g/mol. The number of nitrogens with zero attached hydrogens (tertiary/aromatic N) is 3. The van der Waals surface area contributed by atoms with Crippen molar-refractivity contribution in [1.29, 1.82) is 0 Å². The van der Waals surface area contributed by atoms with Crippen molar-refractivity contribution in [2.75, 3.05) is 52.5 Å². The van der Waals surface area contributed by atoms with E-state index in [2.05, 4.69) is 28.6 Å². The fraction of sp³-hybridized carbons (Fsp3) is 0.933. The highest BCUT2D eigenvalue weighted by atomic mass is 16.5. The molecule has 20 heavy (non-hydrogen) atoms. The zero-order valence-electron chi connectivity index (χ0n) is 13.1. The Morgan fingerprint density at radius 2 is 1.85 bits per heavy atom. The Kier molecular flexibility index (Phi) is 6.10. The van der Waals surface area contributed by atoms with E-state index in [1.165, 1.54) is 19.5 Å². The Balaban J connectivity index is 1.65. The van der Waals surface area contributed by atoms with Gasteiger partial charge in [0.25, 0.3) is 0 Å². The van der Waals surface area contributed by atoms with Gasteiger partial charge >= 0.3 is 0 Å². The Hall–Kier alpha value is -0.810. The van der Waals surface area contributed by atoms with E-state index in [9.17, 15) is 0 Å². The Labute approximate surface area is 123 Å². The molecule has 2 unspecified atom stereocenters. The van der Waals surface area contributed by atoms with E-state index in [0.717, 1.165) is 57.6 Å². The lowest BCUT2D eigenvalue weighted by atomic mass is 9.92. The van der Waals surface area contributed by atoms with Crippen molar-refractivity contribution in [3.63, 3.8) is 0 Å². The lowest BCUT2D eigenvalue weighted by Gasteiger charge is -2.34. The predicted octanol–water partition coefficient (Wildman–Crippen LogP) is 1.00. The third kappa shape index (κ3) is 4.94. The molecule has 5 nitrogen and oxygen atoms in total. The molecule has 0 aromatic rings. The van der Waals surface area contributed by atoms with E-state index in [-0.39, 0.29) is 0 Å². The average Bonchev–Trinajstić information content (AvgIpc) is 2.43. The second kappa shape index (κ2) is 7.84. The van der Waals surface area contributed by atoms with Gasteiger partial charge in [-0.05, 0) is 31.2 Å². The van der Waals surface area contributed by atoms with Gasteiger partial charge in [-0.25, -0.2) is 0 Å². The van der Waals surface area contributed by atoms with Gasteiger partial charge < -0.3 is 20.3 Å². The number of rotatable bonds is 4. The standard InChI is InChI=1S/C15H30N4O/c1-13-10-14(2)12-18(11-13)5-3-4-17-15(16)19-6-8-20-9-7-19/h13-14H,3-12H2,1-2H3,(H2,16,17). The predicted molar refractivity (Wildman–Crippen MR) is 82.9 cm³/mol. The first-order valence-electron chi connectivity index (χ1n) is 8.00. The van der Waals surface area contributed by atoms with Crippen molar-refractivity contribution in [3.05, 3.63) is 0 Å². The fourth-order valence-corrected chi connectivity index (χ4v) is 3.35. The summed E-state index contributed by atoms with van der Waals surface area (Å²) in [6.45, 7) is 12.5. The third-order valence-corrected chi connectivity index (χ3v) is 4.19. The van der Waals surface area contributed by atoms with Gasteiger partial charge in [-0.2, -0.15) is 0 Å². The molecule has 0 amide bonds. The molecule has 0 aromatic heterocycles. The molecule has 2 heterocycles. The molecule has 0 spiro atoms. The van der Waals surface area contributed by atoms with Crippen LogP contribution in [0.3, 0.4) is 0 Å². The summed E-state index contributed by atoms with van der Waals surface area (Å²) >= 11 is 0. The SMILES string of the molecule is CC1CC(C)CN(CCCN=C(N)N2CCOCC2)C1. The highest BCUT2D eigenvalue weighted by Gasteiger charge is 2.21. The topological polar surface area (TPSA) is 54.1 Å². The smallest absolute Gasteiger partial charge is 0.191 e. The first-order valence-corrected chi connectivity index (χ1v) is 8.00. The van der Waals surface area contributed by atoms with Gasteiger partial charge in [-0.1, -0.05) is 13.8 Å². The molecule has 2 aliphatic rings. The first kappa shape index (κ1) is 15.6. The van der Waals surface area contributed by atoms with Gasteiger partial charge in [-0.3, -0.25) is 4.99 Å². The minimum absolute atomic E-state index is 0.689. The fourth-order valence-electron chi connectivity index (χ4n) is 3.35. The number of nitrogens with two attached hydrogens (primary N) is 1. The second-order valence-corrected chi connectivity index (χ2v) is 6.40. The van der Waals surface area contributed by atoms with Crippen molar-refractivity contribution < 1.29 is 4.74 Å². The summed E-state index contributed by atoms with van der Waals surface area (Å²) in [5.74, 6) is 2.36. The summed E-state index contributed by atoms with van der Waals surface area (Å²) in [7, 11) is 0. The molecule has 2 atom stereocenters. The minimum atomic E-state index is 0.689. The number of ether oxygens (including phenoxy) is 1. The summed E-state index contributed by atoms with van der Waals surface area (Å²) in [6, 6.07) is 0. The van der Waals surface area contributed by atoms with Crippen molar-refractivity contribution >= 4 is 5.96 Å². The monoisotopic (exact) mass is 282 g/mol. The first-order chi connectivity index (χ1) is 9.65. The zero-order chi connectivity index (χ0) is 14.4. The van der Waals surface area contributed by atoms with Crippen LogP contribution in [0.4, 0.5) is 0 Å². The summed E-state index contributed by atoms with van der Waals surface area (Å²) in [5, 5.41) is 0. The molecule has 0 aliphatic carbocycles. The van der Waals surface area contributed by atoms with Gasteiger partial charge in [-0.15, -0.1) is 0 Å². The lowest BCUT2D eigenvalue weighted by molar-refractivity contribution is 0.0674. The van der Waals surface area contributed by atoms with Crippen molar-refractivity contribution in [2.24, 2.45) is 22.6 Å². The number of hydrogen-bond donors (Lipinski definition) is 1. The minimum Gasteiger partial charge on any atom is -0.378 e. The summed E-state index contributed by atoms with van der Waals surface area (Å²) < 4.78 is 5.32. The number of morpholine rings is 1. The number of piperidine rings is 1. The second-order valence-electron chi connectivity index (χ2n) is 6.40. The molecular weight excluding hydrogens is 252 g/mol. The largest absolute Gasteiger partial charge is 0.378 e. The van der Waals surface area contributed by atoms with Gasteiger partial charge in [0, 0.05) is 32.7 Å². The Bertz CT molecular complexity index is 305. The molecule has 0 bridgehead atoms. The van der Waals surface area contributed by atoms with Crippen LogP contribution in [0.2, 0.25) is 0 Å². The number of likely N-dealkylation sites (tertiary alicyclic amines) is 1. The lowest BCUT2D eigenvalue weighted by Crippen LogP contribution is -2.45. The van der Waals surface area contributed by atoms with E-state index < -0.39 is 0 Å². The van der Waals surface area contributed by atoms with Crippen LogP contribution >= 0.6 is 0 Å². The van der Waals surface area contributed by atoms with Crippen LogP contribution in [-0.2, 0) is 4.74 Å².